The molecule has 0 spiro atoms. The van der Waals surface area contributed by atoms with Crippen LogP contribution in [0.25, 0.3) is 12.2 Å². The smallest absolute Gasteiger partial charge is 0.164 e. The molecule has 0 N–H and O–H groups in total. The van der Waals surface area contributed by atoms with Crippen LogP contribution in [0.2, 0.25) is 0 Å². The van der Waals surface area contributed by atoms with E-state index in [-0.39, 0.29) is 0 Å². The van der Waals surface area contributed by atoms with E-state index in [2.05, 4.69) is 49.4 Å². The lowest BCUT2D eigenvalue weighted by Gasteiger charge is -2.15. The Labute approximate surface area is 117 Å². The molecule has 2 aliphatic rings. The first-order valence-corrected chi connectivity index (χ1v) is 7.20. The summed E-state index contributed by atoms with van der Waals surface area (Å²) in [5.74, 6) is 0.309. The summed E-state index contributed by atoms with van der Waals surface area (Å²) in [6, 6.07) is 10.9. The first kappa shape index (κ1) is 11.7. The molecule has 0 bridgehead atoms. The van der Waals surface area contributed by atoms with E-state index < -0.39 is 0 Å². The van der Waals surface area contributed by atoms with Gasteiger partial charge in [-0.25, -0.2) is 0 Å². The second kappa shape index (κ2) is 4.17. The Hall–Kier alpha value is -2.15. The molecule has 0 fully saturated rings. The van der Waals surface area contributed by atoms with Crippen LogP contribution in [0.15, 0.2) is 30.3 Å². The van der Waals surface area contributed by atoms with E-state index in [1.165, 1.54) is 26.8 Å². The van der Waals surface area contributed by atoms with Gasteiger partial charge in [0.15, 0.2) is 5.78 Å². The summed E-state index contributed by atoms with van der Waals surface area (Å²) in [6.07, 6.45) is 6.85. The molecule has 20 heavy (non-hydrogen) atoms. The molecular formula is C19H16O. The molecule has 0 amide bonds. The third kappa shape index (κ3) is 1.59. The fourth-order valence-corrected chi connectivity index (χ4v) is 3.41. The highest BCUT2D eigenvalue weighted by Crippen LogP contribution is 2.17. The van der Waals surface area contributed by atoms with Crippen molar-refractivity contribution in [3.05, 3.63) is 67.9 Å². The summed E-state index contributed by atoms with van der Waals surface area (Å²) < 4.78 is 0. The van der Waals surface area contributed by atoms with Crippen molar-refractivity contribution < 1.29 is 4.79 Å². The number of aryl methyl sites for hydroxylation is 1. The Morgan fingerprint density at radius 1 is 0.950 bits per heavy atom. The van der Waals surface area contributed by atoms with Gasteiger partial charge >= 0.3 is 0 Å². The Kier molecular flexibility index (Phi) is 2.43. The standard InChI is InChI=1S/C19H16O/c1-12-5-6-13-7-10-16-15(17(13)11-12)9-8-14-3-2-4-18(20)19(14)16/h3,5-9,11H,2,4,10H2,1H3. The van der Waals surface area contributed by atoms with E-state index in [4.69, 9.17) is 0 Å². The van der Waals surface area contributed by atoms with Gasteiger partial charge in [-0.2, -0.15) is 0 Å². The van der Waals surface area contributed by atoms with Gasteiger partial charge in [0.1, 0.15) is 0 Å². The van der Waals surface area contributed by atoms with Gasteiger partial charge in [0.2, 0.25) is 0 Å². The predicted molar refractivity (Wildman–Crippen MR) is 80.7 cm³/mol. The van der Waals surface area contributed by atoms with Crippen molar-refractivity contribution in [3.8, 4) is 0 Å². The lowest BCUT2D eigenvalue weighted by molar-refractivity contribution is 0.0980. The topological polar surface area (TPSA) is 17.1 Å². The minimum Gasteiger partial charge on any atom is -0.294 e. The molecule has 0 saturated heterocycles. The maximum atomic E-state index is 12.3. The van der Waals surface area contributed by atoms with E-state index in [0.29, 0.717) is 12.2 Å². The number of hydrogen-bond donors (Lipinski definition) is 0. The first-order valence-electron chi connectivity index (χ1n) is 7.20. The fourth-order valence-electron chi connectivity index (χ4n) is 3.41. The van der Waals surface area contributed by atoms with Gasteiger partial charge in [0, 0.05) is 12.0 Å². The summed E-state index contributed by atoms with van der Waals surface area (Å²) in [6.45, 7) is 2.12. The van der Waals surface area contributed by atoms with Crippen molar-refractivity contribution >= 4 is 17.9 Å². The Balaban J connectivity index is 2.26. The summed E-state index contributed by atoms with van der Waals surface area (Å²) in [5, 5.41) is 4.93. The zero-order valence-corrected chi connectivity index (χ0v) is 11.6. The minimum absolute atomic E-state index is 0.309. The van der Waals surface area contributed by atoms with Crippen LogP contribution in [0.1, 0.15) is 34.3 Å². The van der Waals surface area contributed by atoms with Crippen LogP contribution in [-0.4, -0.2) is 5.78 Å². The maximum absolute atomic E-state index is 12.3. The summed E-state index contributed by atoms with van der Waals surface area (Å²) >= 11 is 0. The van der Waals surface area contributed by atoms with Crippen molar-refractivity contribution in [3.63, 3.8) is 0 Å². The SMILES string of the molecule is Cc1ccc2c(c1)=c1ccc3c(c1CC=2)C(=O)CCC=3. The third-order valence-electron chi connectivity index (χ3n) is 4.38. The summed E-state index contributed by atoms with van der Waals surface area (Å²) in [5.41, 5.74) is 3.46. The van der Waals surface area contributed by atoms with Gasteiger partial charge < -0.3 is 0 Å². The first-order chi connectivity index (χ1) is 9.74. The van der Waals surface area contributed by atoms with Crippen molar-refractivity contribution in [2.45, 2.75) is 26.2 Å². The van der Waals surface area contributed by atoms with E-state index in [1.807, 2.05) is 0 Å². The normalized spacial score (nSPS) is 15.6. The zero-order chi connectivity index (χ0) is 13.7. The van der Waals surface area contributed by atoms with Gasteiger partial charge in [-0.3, -0.25) is 4.79 Å². The quantitative estimate of drug-likeness (QED) is 0.711. The average molecular weight is 260 g/mol. The van der Waals surface area contributed by atoms with Gasteiger partial charge in [-0.05, 0) is 46.2 Å². The highest BCUT2D eigenvalue weighted by Gasteiger charge is 2.17. The molecule has 0 aliphatic heterocycles. The molecule has 98 valence electrons. The second-order valence-electron chi connectivity index (χ2n) is 5.72. The molecule has 2 aromatic rings. The second-order valence-corrected chi connectivity index (χ2v) is 5.72. The number of carbonyl (C=O) groups excluding carboxylic acids is 1. The van der Waals surface area contributed by atoms with Crippen LogP contribution in [0.4, 0.5) is 0 Å². The Bertz CT molecular complexity index is 948. The molecule has 1 nitrogen and oxygen atoms in total. The molecule has 4 rings (SSSR count). The molecule has 0 unspecified atom stereocenters. The minimum atomic E-state index is 0.309. The molecule has 0 radical (unpaired) electrons. The highest BCUT2D eigenvalue weighted by molar-refractivity contribution is 5.99. The molecule has 0 aromatic heterocycles. The highest BCUT2D eigenvalue weighted by atomic mass is 16.1. The fraction of sp³-hybridized carbons (Fsp3) is 0.211. The number of fused-ring (bicyclic) bond motifs is 4. The van der Waals surface area contributed by atoms with E-state index in [0.717, 1.165) is 23.6 Å². The van der Waals surface area contributed by atoms with Crippen LogP contribution >= 0.6 is 0 Å². The molecule has 2 aliphatic carbocycles. The van der Waals surface area contributed by atoms with E-state index in [1.54, 1.807) is 0 Å². The van der Waals surface area contributed by atoms with Crippen LogP contribution < -0.4 is 10.4 Å². The molecule has 0 atom stereocenters. The van der Waals surface area contributed by atoms with Crippen LogP contribution in [0, 0.1) is 17.4 Å². The molecular weight excluding hydrogens is 244 g/mol. The molecule has 2 aromatic carbocycles. The van der Waals surface area contributed by atoms with Gasteiger partial charge in [0.05, 0.1) is 0 Å². The van der Waals surface area contributed by atoms with Crippen molar-refractivity contribution in [1.29, 1.82) is 0 Å². The van der Waals surface area contributed by atoms with Gasteiger partial charge in [-0.1, -0.05) is 48.0 Å². The van der Waals surface area contributed by atoms with Gasteiger partial charge in [0.25, 0.3) is 0 Å². The average Bonchev–Trinajstić information content (AvgIpc) is 2.46. The zero-order valence-electron chi connectivity index (χ0n) is 11.6. The van der Waals surface area contributed by atoms with E-state index >= 15 is 0 Å². The molecule has 0 saturated carbocycles. The van der Waals surface area contributed by atoms with Crippen molar-refractivity contribution in [2.24, 2.45) is 0 Å². The van der Waals surface area contributed by atoms with Crippen LogP contribution in [-0.2, 0) is 6.42 Å². The number of Topliss-reactive ketones (excluding diaryl/α,β-unsaturated/α-hetero) is 1. The Morgan fingerprint density at radius 3 is 2.70 bits per heavy atom. The van der Waals surface area contributed by atoms with Crippen LogP contribution in [0.5, 0.6) is 0 Å². The monoisotopic (exact) mass is 260 g/mol. The number of rotatable bonds is 0. The lowest BCUT2D eigenvalue weighted by atomic mass is 9.88. The number of carbonyl (C=O) groups is 1. The Morgan fingerprint density at radius 2 is 1.80 bits per heavy atom. The van der Waals surface area contributed by atoms with E-state index in [9.17, 15) is 4.79 Å². The summed E-state index contributed by atoms with van der Waals surface area (Å²) in [7, 11) is 0. The molecule has 0 heterocycles. The predicted octanol–water partition coefficient (Wildman–Crippen LogP) is 2.38. The van der Waals surface area contributed by atoms with Crippen molar-refractivity contribution in [1.82, 2.24) is 0 Å². The number of hydrogen-bond acceptors (Lipinski definition) is 1. The lowest BCUT2D eigenvalue weighted by Crippen LogP contribution is -2.24. The van der Waals surface area contributed by atoms with Crippen molar-refractivity contribution in [2.75, 3.05) is 0 Å². The number of benzene rings is 2. The largest absolute Gasteiger partial charge is 0.294 e. The number of ketones is 1. The molecule has 1 heteroatoms. The maximum Gasteiger partial charge on any atom is 0.164 e. The summed E-state index contributed by atoms with van der Waals surface area (Å²) in [4.78, 5) is 12.3. The van der Waals surface area contributed by atoms with Crippen LogP contribution in [0.3, 0.4) is 0 Å². The third-order valence-corrected chi connectivity index (χ3v) is 4.38. The van der Waals surface area contributed by atoms with Gasteiger partial charge in [-0.15, -0.1) is 0 Å².